The van der Waals surface area contributed by atoms with Crippen LogP contribution in [0.25, 0.3) is 0 Å². The van der Waals surface area contributed by atoms with Crippen molar-refractivity contribution >= 4 is 5.96 Å². The molecule has 0 aromatic carbocycles. The highest BCUT2D eigenvalue weighted by Gasteiger charge is 2.32. The van der Waals surface area contributed by atoms with E-state index in [1.807, 2.05) is 4.68 Å². The van der Waals surface area contributed by atoms with E-state index in [-0.39, 0.29) is 0 Å². The fourth-order valence-electron chi connectivity index (χ4n) is 3.58. The number of aryl methyl sites for hydroxylation is 1. The fraction of sp³-hybridized carbons (Fsp3) is 0.833. The second-order valence-electron chi connectivity index (χ2n) is 7.53. The SMILES string of the molecule is CCNC(=NCC(C1CC1)N(C)C)NC1CCc2nc(COC)nn2C1. The lowest BCUT2D eigenvalue weighted by molar-refractivity contribution is 0.177. The highest BCUT2D eigenvalue weighted by atomic mass is 16.5. The van der Waals surface area contributed by atoms with E-state index in [2.05, 4.69) is 46.6 Å². The van der Waals surface area contributed by atoms with Crippen molar-refractivity contribution in [1.82, 2.24) is 30.3 Å². The Hall–Kier alpha value is -1.67. The Morgan fingerprint density at radius 3 is 2.85 bits per heavy atom. The smallest absolute Gasteiger partial charge is 0.191 e. The number of nitrogens with zero attached hydrogens (tertiary/aromatic N) is 5. The van der Waals surface area contributed by atoms with Gasteiger partial charge in [0.2, 0.25) is 0 Å². The predicted molar refractivity (Wildman–Crippen MR) is 102 cm³/mol. The number of nitrogens with one attached hydrogen (secondary N) is 2. The molecule has 3 rings (SSSR count). The molecule has 1 aromatic heterocycles. The van der Waals surface area contributed by atoms with Crippen LogP contribution in [-0.2, 0) is 24.3 Å². The molecule has 0 spiro atoms. The van der Waals surface area contributed by atoms with Crippen LogP contribution in [0.15, 0.2) is 4.99 Å². The van der Waals surface area contributed by atoms with Crippen LogP contribution in [0.2, 0.25) is 0 Å². The zero-order valence-corrected chi connectivity index (χ0v) is 16.5. The third-order valence-electron chi connectivity index (χ3n) is 5.13. The average molecular weight is 364 g/mol. The molecule has 1 fully saturated rings. The van der Waals surface area contributed by atoms with Crippen LogP contribution >= 0.6 is 0 Å². The van der Waals surface area contributed by atoms with Gasteiger partial charge in [0.25, 0.3) is 0 Å². The molecule has 2 heterocycles. The van der Waals surface area contributed by atoms with Gasteiger partial charge in [-0.1, -0.05) is 0 Å². The molecule has 1 aliphatic heterocycles. The van der Waals surface area contributed by atoms with Gasteiger partial charge in [-0.3, -0.25) is 4.99 Å². The topological polar surface area (TPSA) is 79.6 Å². The Morgan fingerprint density at radius 2 is 2.19 bits per heavy atom. The molecule has 8 nitrogen and oxygen atoms in total. The molecule has 2 atom stereocenters. The van der Waals surface area contributed by atoms with E-state index in [0.29, 0.717) is 18.7 Å². The first kappa shape index (κ1) is 19.1. The number of hydrogen-bond donors (Lipinski definition) is 2. The maximum atomic E-state index is 5.14. The molecule has 146 valence electrons. The molecule has 1 aliphatic carbocycles. The number of methoxy groups -OCH3 is 1. The number of likely N-dealkylation sites (N-methyl/N-ethyl adjacent to an activating group) is 1. The van der Waals surface area contributed by atoms with Gasteiger partial charge in [0.15, 0.2) is 11.8 Å². The molecular weight excluding hydrogens is 330 g/mol. The highest BCUT2D eigenvalue weighted by Crippen LogP contribution is 2.34. The Bertz CT molecular complexity index is 607. The first-order valence-corrected chi connectivity index (χ1v) is 9.73. The summed E-state index contributed by atoms with van der Waals surface area (Å²) in [5.41, 5.74) is 0. The van der Waals surface area contributed by atoms with E-state index < -0.39 is 0 Å². The standard InChI is InChI=1S/C18H33N7O/c1-5-19-18(20-10-15(24(2)3)13-6-7-13)21-14-8-9-17-22-16(12-26-4)23-25(17)11-14/h13-15H,5-12H2,1-4H3,(H2,19,20,21). The Morgan fingerprint density at radius 1 is 1.38 bits per heavy atom. The normalized spacial score (nSPS) is 21.6. The minimum absolute atomic E-state index is 0.316. The lowest BCUT2D eigenvalue weighted by atomic mass is 10.1. The zero-order valence-electron chi connectivity index (χ0n) is 16.5. The fourth-order valence-corrected chi connectivity index (χ4v) is 3.58. The number of hydrogen-bond acceptors (Lipinski definition) is 5. The van der Waals surface area contributed by atoms with E-state index in [1.54, 1.807) is 7.11 Å². The van der Waals surface area contributed by atoms with Gasteiger partial charge in [0.1, 0.15) is 12.4 Å². The van der Waals surface area contributed by atoms with Crippen molar-refractivity contribution in [2.24, 2.45) is 10.9 Å². The first-order valence-electron chi connectivity index (χ1n) is 9.73. The van der Waals surface area contributed by atoms with E-state index in [9.17, 15) is 0 Å². The summed E-state index contributed by atoms with van der Waals surface area (Å²) in [6.07, 6.45) is 4.64. The van der Waals surface area contributed by atoms with Crippen molar-refractivity contribution in [1.29, 1.82) is 0 Å². The summed E-state index contributed by atoms with van der Waals surface area (Å²) < 4.78 is 7.15. The van der Waals surface area contributed by atoms with Crippen LogP contribution in [-0.4, -0.2) is 72.0 Å². The first-order chi connectivity index (χ1) is 12.6. The average Bonchev–Trinajstić information content (AvgIpc) is 3.35. The monoisotopic (exact) mass is 363 g/mol. The van der Waals surface area contributed by atoms with Gasteiger partial charge < -0.3 is 20.3 Å². The second-order valence-corrected chi connectivity index (χ2v) is 7.53. The summed E-state index contributed by atoms with van der Waals surface area (Å²) >= 11 is 0. The van der Waals surface area contributed by atoms with Gasteiger partial charge in [0.05, 0.1) is 13.1 Å². The van der Waals surface area contributed by atoms with Crippen LogP contribution in [0.4, 0.5) is 0 Å². The number of guanidine groups is 1. The van der Waals surface area contributed by atoms with E-state index in [4.69, 9.17) is 9.73 Å². The third-order valence-corrected chi connectivity index (χ3v) is 5.13. The highest BCUT2D eigenvalue weighted by molar-refractivity contribution is 5.80. The lowest BCUT2D eigenvalue weighted by Gasteiger charge is -2.26. The third kappa shape index (κ3) is 4.94. The van der Waals surface area contributed by atoms with Crippen molar-refractivity contribution in [3.05, 3.63) is 11.6 Å². The van der Waals surface area contributed by atoms with Gasteiger partial charge in [-0.15, -0.1) is 0 Å². The molecule has 0 saturated heterocycles. The van der Waals surface area contributed by atoms with Crippen molar-refractivity contribution in [3.63, 3.8) is 0 Å². The van der Waals surface area contributed by atoms with Gasteiger partial charge in [-0.05, 0) is 46.2 Å². The Labute approximate surface area is 156 Å². The van der Waals surface area contributed by atoms with E-state index in [1.165, 1.54) is 12.8 Å². The summed E-state index contributed by atoms with van der Waals surface area (Å²) in [4.78, 5) is 11.7. The number of aromatic nitrogens is 3. The molecule has 0 radical (unpaired) electrons. The minimum Gasteiger partial charge on any atom is -0.377 e. The van der Waals surface area contributed by atoms with Crippen molar-refractivity contribution in [2.45, 2.75) is 57.8 Å². The molecule has 8 heteroatoms. The van der Waals surface area contributed by atoms with E-state index >= 15 is 0 Å². The zero-order chi connectivity index (χ0) is 18.5. The van der Waals surface area contributed by atoms with Crippen LogP contribution in [0, 0.1) is 5.92 Å². The molecule has 0 amide bonds. The maximum Gasteiger partial charge on any atom is 0.191 e. The number of rotatable bonds is 8. The molecule has 1 aromatic rings. The summed E-state index contributed by atoms with van der Waals surface area (Å²) in [6.45, 7) is 5.09. The van der Waals surface area contributed by atoms with Gasteiger partial charge in [-0.25, -0.2) is 9.67 Å². The predicted octanol–water partition coefficient (Wildman–Crippen LogP) is 0.635. The second kappa shape index (κ2) is 8.81. The lowest BCUT2D eigenvalue weighted by Crippen LogP contribution is -2.47. The van der Waals surface area contributed by atoms with Gasteiger partial charge in [-0.2, -0.15) is 5.10 Å². The summed E-state index contributed by atoms with van der Waals surface area (Å²) in [5, 5.41) is 11.5. The van der Waals surface area contributed by atoms with Crippen LogP contribution in [0.5, 0.6) is 0 Å². The maximum absolute atomic E-state index is 5.14. The van der Waals surface area contributed by atoms with Crippen LogP contribution in [0.1, 0.15) is 37.8 Å². The largest absolute Gasteiger partial charge is 0.377 e. The summed E-state index contributed by atoms with van der Waals surface area (Å²) in [7, 11) is 5.99. The van der Waals surface area contributed by atoms with Crippen LogP contribution < -0.4 is 10.6 Å². The molecule has 2 N–H and O–H groups in total. The van der Waals surface area contributed by atoms with Crippen molar-refractivity contribution < 1.29 is 4.74 Å². The Kier molecular flexibility index (Phi) is 6.48. The summed E-state index contributed by atoms with van der Waals surface area (Å²) in [6, 6.07) is 0.853. The molecule has 0 bridgehead atoms. The van der Waals surface area contributed by atoms with Gasteiger partial charge in [0, 0.05) is 32.2 Å². The number of ether oxygens (including phenoxy) is 1. The number of fused-ring (bicyclic) bond motifs is 1. The molecule has 1 saturated carbocycles. The quantitative estimate of drug-likeness (QED) is 0.521. The van der Waals surface area contributed by atoms with Crippen molar-refractivity contribution in [3.8, 4) is 0 Å². The summed E-state index contributed by atoms with van der Waals surface area (Å²) in [5.74, 6) is 3.54. The van der Waals surface area contributed by atoms with E-state index in [0.717, 1.165) is 56.0 Å². The number of aliphatic imine (C=N–C) groups is 1. The molecule has 2 unspecified atom stereocenters. The van der Waals surface area contributed by atoms with Crippen molar-refractivity contribution in [2.75, 3.05) is 34.3 Å². The van der Waals surface area contributed by atoms with Crippen LogP contribution in [0.3, 0.4) is 0 Å². The van der Waals surface area contributed by atoms with Gasteiger partial charge >= 0.3 is 0 Å². The Balaban J connectivity index is 1.59. The molecular formula is C18H33N7O. The molecule has 26 heavy (non-hydrogen) atoms. The molecule has 2 aliphatic rings. The minimum atomic E-state index is 0.316.